The first-order chi connectivity index (χ1) is 8.18. The monoisotopic (exact) mass is 295 g/mol. The van der Waals surface area contributed by atoms with E-state index in [1.54, 1.807) is 0 Å². The zero-order valence-electron chi connectivity index (χ0n) is 9.88. The van der Waals surface area contributed by atoms with E-state index in [0.29, 0.717) is 6.04 Å². The van der Waals surface area contributed by atoms with E-state index in [4.69, 9.17) is 0 Å². The molecule has 2 aliphatic carbocycles. The maximum Gasteiger partial charge on any atom is 0.0771 e. The van der Waals surface area contributed by atoms with Gasteiger partial charge in [-0.1, -0.05) is 28.1 Å². The second-order valence-electron chi connectivity index (χ2n) is 5.36. The Balaban J connectivity index is 1.69. The smallest absolute Gasteiger partial charge is 0.0771 e. The van der Waals surface area contributed by atoms with Gasteiger partial charge in [0, 0.05) is 17.1 Å². The highest BCUT2D eigenvalue weighted by Gasteiger charge is 2.35. The molecular weight excluding hydrogens is 278 g/mol. The molecule has 1 atom stereocenters. The van der Waals surface area contributed by atoms with E-state index in [-0.39, 0.29) is 0 Å². The van der Waals surface area contributed by atoms with Crippen molar-refractivity contribution in [1.29, 1.82) is 0 Å². The summed E-state index contributed by atoms with van der Waals surface area (Å²) in [7, 11) is 0. The first-order valence-electron chi connectivity index (χ1n) is 6.41. The van der Waals surface area contributed by atoms with Crippen molar-refractivity contribution < 1.29 is 5.11 Å². The van der Waals surface area contributed by atoms with Crippen LogP contribution in [0.3, 0.4) is 0 Å². The Kier molecular flexibility index (Phi) is 3.01. The summed E-state index contributed by atoms with van der Waals surface area (Å²) in [6.07, 6.45) is 5.36. The number of nitrogens with one attached hydrogen (secondary N) is 1. The van der Waals surface area contributed by atoms with Gasteiger partial charge < -0.3 is 10.4 Å². The number of fused-ring (bicyclic) bond motifs is 1. The zero-order valence-corrected chi connectivity index (χ0v) is 11.5. The lowest BCUT2D eigenvalue weighted by Gasteiger charge is -2.37. The second-order valence-corrected chi connectivity index (χ2v) is 6.21. The van der Waals surface area contributed by atoms with Gasteiger partial charge >= 0.3 is 0 Å². The Morgan fingerprint density at radius 1 is 1.41 bits per heavy atom. The summed E-state index contributed by atoms with van der Waals surface area (Å²) in [5, 5.41) is 13.6. The Bertz CT molecular complexity index is 428. The van der Waals surface area contributed by atoms with Crippen molar-refractivity contribution in [1.82, 2.24) is 5.32 Å². The van der Waals surface area contributed by atoms with Gasteiger partial charge in [0.2, 0.25) is 0 Å². The number of benzene rings is 1. The normalized spacial score (nSPS) is 25.4. The van der Waals surface area contributed by atoms with E-state index in [9.17, 15) is 5.11 Å². The Morgan fingerprint density at radius 2 is 2.24 bits per heavy atom. The molecule has 0 radical (unpaired) electrons. The van der Waals surface area contributed by atoms with Crippen LogP contribution in [-0.4, -0.2) is 17.3 Å². The van der Waals surface area contributed by atoms with Crippen LogP contribution < -0.4 is 5.32 Å². The van der Waals surface area contributed by atoms with E-state index in [1.807, 2.05) is 0 Å². The minimum atomic E-state index is -0.422. The summed E-state index contributed by atoms with van der Waals surface area (Å²) in [4.78, 5) is 0. The van der Waals surface area contributed by atoms with Gasteiger partial charge in [-0.2, -0.15) is 0 Å². The molecule has 0 bridgehead atoms. The van der Waals surface area contributed by atoms with Crippen LogP contribution in [-0.2, 0) is 6.42 Å². The predicted octanol–water partition coefficient (Wildman–Crippen LogP) is 2.94. The highest BCUT2D eigenvalue weighted by atomic mass is 79.9. The average molecular weight is 296 g/mol. The lowest BCUT2D eigenvalue weighted by Crippen LogP contribution is -2.46. The summed E-state index contributed by atoms with van der Waals surface area (Å²) < 4.78 is 1.22. The SMILES string of the molecule is OC1(CNC2CCc3c(Br)cccc32)CCC1. The van der Waals surface area contributed by atoms with Crippen molar-refractivity contribution in [3.63, 3.8) is 0 Å². The molecule has 2 nitrogen and oxygen atoms in total. The number of halogens is 1. The van der Waals surface area contributed by atoms with Crippen molar-refractivity contribution in [2.75, 3.05) is 6.54 Å². The van der Waals surface area contributed by atoms with E-state index >= 15 is 0 Å². The lowest BCUT2D eigenvalue weighted by molar-refractivity contribution is -0.0332. The maximum absolute atomic E-state index is 10.1. The van der Waals surface area contributed by atoms with Crippen molar-refractivity contribution >= 4 is 15.9 Å². The van der Waals surface area contributed by atoms with Crippen LogP contribution in [0, 0.1) is 0 Å². The number of hydrogen-bond donors (Lipinski definition) is 2. The van der Waals surface area contributed by atoms with Gasteiger partial charge in [0.05, 0.1) is 5.60 Å². The molecule has 3 rings (SSSR count). The van der Waals surface area contributed by atoms with Crippen LogP contribution in [0.5, 0.6) is 0 Å². The molecule has 0 spiro atoms. The van der Waals surface area contributed by atoms with Crippen LogP contribution in [0.15, 0.2) is 22.7 Å². The standard InChI is InChI=1S/C14H18BrNO/c15-12-4-1-3-11-10(12)5-6-13(11)16-9-14(17)7-2-8-14/h1,3-4,13,16-17H,2,5-9H2. The zero-order chi connectivity index (χ0) is 11.9. The van der Waals surface area contributed by atoms with Crippen LogP contribution in [0.1, 0.15) is 42.9 Å². The van der Waals surface area contributed by atoms with Crippen molar-refractivity contribution in [2.24, 2.45) is 0 Å². The largest absolute Gasteiger partial charge is 0.389 e. The second kappa shape index (κ2) is 4.38. The summed E-state index contributed by atoms with van der Waals surface area (Å²) in [6, 6.07) is 6.84. The summed E-state index contributed by atoms with van der Waals surface area (Å²) in [6.45, 7) is 0.740. The van der Waals surface area contributed by atoms with Crippen LogP contribution >= 0.6 is 15.9 Å². The van der Waals surface area contributed by atoms with E-state index in [1.165, 1.54) is 22.0 Å². The molecule has 17 heavy (non-hydrogen) atoms. The Morgan fingerprint density at radius 3 is 2.94 bits per heavy atom. The van der Waals surface area contributed by atoms with Crippen LogP contribution in [0.2, 0.25) is 0 Å². The average Bonchev–Trinajstić information content (AvgIpc) is 2.69. The van der Waals surface area contributed by atoms with Gasteiger partial charge in [0.1, 0.15) is 0 Å². The third-order valence-corrected chi connectivity index (χ3v) is 4.92. The number of rotatable bonds is 3. The molecule has 92 valence electrons. The molecular formula is C14H18BrNO. The molecule has 3 heteroatoms. The minimum Gasteiger partial charge on any atom is -0.389 e. The minimum absolute atomic E-state index is 0.422. The molecule has 0 saturated heterocycles. The maximum atomic E-state index is 10.1. The lowest BCUT2D eigenvalue weighted by atomic mass is 9.80. The molecule has 0 amide bonds. The number of aliphatic hydroxyl groups is 1. The topological polar surface area (TPSA) is 32.3 Å². The van der Waals surface area contributed by atoms with E-state index in [2.05, 4.69) is 39.4 Å². The molecule has 1 aromatic rings. The van der Waals surface area contributed by atoms with E-state index in [0.717, 1.165) is 32.2 Å². The molecule has 1 saturated carbocycles. The summed E-state index contributed by atoms with van der Waals surface area (Å²) >= 11 is 3.61. The van der Waals surface area contributed by atoms with Crippen LogP contribution in [0.4, 0.5) is 0 Å². The quantitative estimate of drug-likeness (QED) is 0.899. The molecule has 0 aliphatic heterocycles. The fraction of sp³-hybridized carbons (Fsp3) is 0.571. The van der Waals surface area contributed by atoms with Gasteiger partial charge in [-0.05, 0) is 49.3 Å². The van der Waals surface area contributed by atoms with Gasteiger partial charge in [-0.25, -0.2) is 0 Å². The summed E-state index contributed by atoms with van der Waals surface area (Å²) in [5.74, 6) is 0. The third kappa shape index (κ3) is 2.16. The molecule has 1 unspecified atom stereocenters. The van der Waals surface area contributed by atoms with Crippen molar-refractivity contribution in [3.8, 4) is 0 Å². The summed E-state index contributed by atoms with van der Waals surface area (Å²) in [5.41, 5.74) is 2.42. The van der Waals surface area contributed by atoms with Gasteiger partial charge in [-0.15, -0.1) is 0 Å². The van der Waals surface area contributed by atoms with Gasteiger partial charge in [-0.3, -0.25) is 0 Å². The fourth-order valence-corrected chi connectivity index (χ4v) is 3.48. The highest BCUT2D eigenvalue weighted by molar-refractivity contribution is 9.10. The fourth-order valence-electron chi connectivity index (χ4n) is 2.90. The molecule has 1 fully saturated rings. The molecule has 2 N–H and O–H groups in total. The van der Waals surface area contributed by atoms with Gasteiger partial charge in [0.15, 0.2) is 0 Å². The Labute approximate surface area is 111 Å². The van der Waals surface area contributed by atoms with E-state index < -0.39 is 5.60 Å². The van der Waals surface area contributed by atoms with Gasteiger partial charge in [0.25, 0.3) is 0 Å². The predicted molar refractivity (Wildman–Crippen MR) is 72.0 cm³/mol. The molecule has 1 aromatic carbocycles. The first kappa shape index (κ1) is 11.7. The molecule has 2 aliphatic rings. The van der Waals surface area contributed by atoms with Crippen molar-refractivity contribution in [3.05, 3.63) is 33.8 Å². The first-order valence-corrected chi connectivity index (χ1v) is 7.20. The highest BCUT2D eigenvalue weighted by Crippen LogP contribution is 2.37. The third-order valence-electron chi connectivity index (χ3n) is 4.18. The Hall–Kier alpha value is -0.380. The van der Waals surface area contributed by atoms with Crippen LogP contribution in [0.25, 0.3) is 0 Å². The molecule has 0 heterocycles. The molecule has 0 aromatic heterocycles. The number of hydrogen-bond acceptors (Lipinski definition) is 2. The van der Waals surface area contributed by atoms with Crippen molar-refractivity contribution in [2.45, 2.75) is 43.7 Å².